The van der Waals surface area contributed by atoms with Gasteiger partial charge in [0.15, 0.2) is 5.16 Å². The molecule has 0 radical (unpaired) electrons. The van der Waals surface area contributed by atoms with Crippen molar-refractivity contribution in [2.24, 2.45) is 0 Å². The molecule has 1 aromatic carbocycles. The maximum absolute atomic E-state index is 11.7. The molecular formula is C15H17ClN2OS. The lowest BCUT2D eigenvalue weighted by Crippen LogP contribution is -2.11. The van der Waals surface area contributed by atoms with Crippen molar-refractivity contribution in [2.45, 2.75) is 37.1 Å². The number of nitrogens with zero attached hydrogens (tertiary/aromatic N) is 1. The molecule has 1 unspecified atom stereocenters. The summed E-state index contributed by atoms with van der Waals surface area (Å²) in [6.45, 7) is 4.24. The molecule has 0 aliphatic heterocycles. The largest absolute Gasteiger partial charge is 0.301 e. The molecule has 0 fully saturated rings. The lowest BCUT2D eigenvalue weighted by Gasteiger charge is -2.08. The Morgan fingerprint density at radius 1 is 1.40 bits per heavy atom. The van der Waals surface area contributed by atoms with Gasteiger partial charge in [-0.15, -0.1) is 0 Å². The van der Waals surface area contributed by atoms with E-state index in [-0.39, 0.29) is 5.56 Å². The highest BCUT2D eigenvalue weighted by Crippen LogP contribution is 2.21. The first-order valence-corrected chi connectivity index (χ1v) is 7.84. The highest BCUT2D eigenvalue weighted by atomic mass is 35.5. The van der Waals surface area contributed by atoms with E-state index in [1.165, 1.54) is 0 Å². The van der Waals surface area contributed by atoms with E-state index >= 15 is 0 Å². The number of H-pyrrole nitrogens is 1. The van der Waals surface area contributed by atoms with Crippen molar-refractivity contribution >= 4 is 23.4 Å². The molecule has 1 N–H and O–H groups in total. The number of halogens is 1. The van der Waals surface area contributed by atoms with Crippen LogP contribution in [-0.2, 0) is 6.42 Å². The summed E-state index contributed by atoms with van der Waals surface area (Å²) in [5.74, 6) is 0. The maximum Gasteiger partial charge on any atom is 0.251 e. The fraction of sp³-hybridized carbons (Fsp3) is 0.333. The number of nitrogens with one attached hydrogen (secondary N) is 1. The topological polar surface area (TPSA) is 45.8 Å². The van der Waals surface area contributed by atoms with Gasteiger partial charge in [-0.25, -0.2) is 4.98 Å². The highest BCUT2D eigenvalue weighted by molar-refractivity contribution is 7.99. The number of aromatic nitrogens is 2. The smallest absolute Gasteiger partial charge is 0.251 e. The Hall–Kier alpha value is -1.26. The Bertz CT molecular complexity index is 642. The number of benzene rings is 1. The molecule has 20 heavy (non-hydrogen) atoms. The van der Waals surface area contributed by atoms with E-state index in [1.807, 2.05) is 24.3 Å². The lowest BCUT2D eigenvalue weighted by molar-refractivity contribution is 0.853. The van der Waals surface area contributed by atoms with Gasteiger partial charge in [-0.3, -0.25) is 4.79 Å². The van der Waals surface area contributed by atoms with Gasteiger partial charge in [0.05, 0.1) is 5.69 Å². The molecule has 0 aliphatic carbocycles. The summed E-state index contributed by atoms with van der Waals surface area (Å²) in [6, 6.07) is 9.16. The molecule has 0 saturated heterocycles. The van der Waals surface area contributed by atoms with Crippen molar-refractivity contribution in [3.63, 3.8) is 0 Å². The molecule has 1 atom stereocenters. The predicted octanol–water partition coefficient (Wildman–Crippen LogP) is 3.90. The minimum Gasteiger partial charge on any atom is -0.301 e. The van der Waals surface area contributed by atoms with Crippen LogP contribution in [0.1, 0.15) is 31.5 Å². The van der Waals surface area contributed by atoms with Crippen molar-refractivity contribution in [3.8, 4) is 0 Å². The van der Waals surface area contributed by atoms with Crippen molar-refractivity contribution in [1.82, 2.24) is 9.97 Å². The van der Waals surface area contributed by atoms with Crippen molar-refractivity contribution in [1.29, 1.82) is 0 Å². The van der Waals surface area contributed by atoms with E-state index in [4.69, 9.17) is 11.6 Å². The molecule has 0 amide bonds. The van der Waals surface area contributed by atoms with Crippen LogP contribution in [0.15, 0.2) is 40.3 Å². The Kier molecular flexibility index (Phi) is 5.26. The summed E-state index contributed by atoms with van der Waals surface area (Å²) in [5, 5.41) is 1.81. The van der Waals surface area contributed by atoms with Crippen LogP contribution in [0.5, 0.6) is 0 Å². The molecule has 2 aromatic rings. The average molecular weight is 309 g/mol. The van der Waals surface area contributed by atoms with Crippen LogP contribution in [0.2, 0.25) is 5.02 Å². The third-order valence-corrected chi connectivity index (χ3v) is 4.32. The van der Waals surface area contributed by atoms with E-state index in [1.54, 1.807) is 17.8 Å². The number of rotatable bonds is 5. The minimum absolute atomic E-state index is 0.108. The second-order valence-corrected chi connectivity index (χ2v) is 6.55. The van der Waals surface area contributed by atoms with Crippen LogP contribution in [0.25, 0.3) is 0 Å². The van der Waals surface area contributed by atoms with Gasteiger partial charge in [0, 0.05) is 22.8 Å². The Balaban J connectivity index is 2.21. The SMILES string of the molecule is CCC(C)Sc1nc(Cc2cccc(Cl)c2)cc(=O)[nH]1. The summed E-state index contributed by atoms with van der Waals surface area (Å²) in [7, 11) is 0. The fourth-order valence-corrected chi connectivity index (χ4v) is 2.85. The van der Waals surface area contributed by atoms with E-state index in [0.717, 1.165) is 17.7 Å². The van der Waals surface area contributed by atoms with Gasteiger partial charge in [-0.1, -0.05) is 49.3 Å². The van der Waals surface area contributed by atoms with Crippen molar-refractivity contribution in [2.75, 3.05) is 0 Å². The van der Waals surface area contributed by atoms with Crippen LogP contribution in [0.4, 0.5) is 0 Å². The third kappa shape index (κ3) is 4.39. The van der Waals surface area contributed by atoms with Crippen LogP contribution in [-0.4, -0.2) is 15.2 Å². The number of hydrogen-bond donors (Lipinski definition) is 1. The fourth-order valence-electron chi connectivity index (χ4n) is 1.76. The first-order valence-electron chi connectivity index (χ1n) is 6.58. The Labute approximate surface area is 127 Å². The van der Waals surface area contributed by atoms with Crippen molar-refractivity contribution in [3.05, 3.63) is 57.0 Å². The summed E-state index contributed by atoms with van der Waals surface area (Å²) >= 11 is 7.56. The monoisotopic (exact) mass is 308 g/mol. The van der Waals surface area contributed by atoms with E-state index in [2.05, 4.69) is 23.8 Å². The Morgan fingerprint density at radius 3 is 2.90 bits per heavy atom. The molecule has 0 aliphatic rings. The molecule has 1 heterocycles. The first kappa shape index (κ1) is 15.1. The average Bonchev–Trinajstić information content (AvgIpc) is 2.37. The Morgan fingerprint density at radius 2 is 2.20 bits per heavy atom. The minimum atomic E-state index is -0.108. The quantitative estimate of drug-likeness (QED) is 0.673. The van der Waals surface area contributed by atoms with E-state index in [9.17, 15) is 4.79 Å². The molecule has 106 valence electrons. The number of hydrogen-bond acceptors (Lipinski definition) is 3. The van der Waals surface area contributed by atoms with E-state index in [0.29, 0.717) is 21.8 Å². The van der Waals surface area contributed by atoms with Crippen LogP contribution in [0, 0.1) is 0 Å². The molecule has 5 heteroatoms. The van der Waals surface area contributed by atoms with Gasteiger partial charge in [-0.05, 0) is 24.1 Å². The van der Waals surface area contributed by atoms with Crippen molar-refractivity contribution < 1.29 is 0 Å². The predicted molar refractivity (Wildman–Crippen MR) is 84.7 cm³/mol. The molecule has 0 spiro atoms. The van der Waals surface area contributed by atoms with Crippen LogP contribution >= 0.6 is 23.4 Å². The summed E-state index contributed by atoms with van der Waals surface area (Å²) in [5.41, 5.74) is 1.71. The molecule has 2 rings (SSSR count). The van der Waals surface area contributed by atoms with Gasteiger partial charge >= 0.3 is 0 Å². The summed E-state index contributed by atoms with van der Waals surface area (Å²) < 4.78 is 0. The zero-order valence-corrected chi connectivity index (χ0v) is 13.1. The number of thioether (sulfide) groups is 1. The normalized spacial score (nSPS) is 12.3. The maximum atomic E-state index is 11.7. The van der Waals surface area contributed by atoms with Crippen LogP contribution in [0.3, 0.4) is 0 Å². The third-order valence-electron chi connectivity index (χ3n) is 2.93. The molecule has 1 aromatic heterocycles. The second-order valence-electron chi connectivity index (χ2n) is 4.69. The van der Waals surface area contributed by atoms with Crippen LogP contribution < -0.4 is 5.56 Å². The molecule has 0 bridgehead atoms. The van der Waals surface area contributed by atoms with Gasteiger partial charge in [-0.2, -0.15) is 0 Å². The summed E-state index contributed by atoms with van der Waals surface area (Å²) in [6.07, 6.45) is 1.64. The highest BCUT2D eigenvalue weighted by Gasteiger charge is 2.07. The van der Waals surface area contributed by atoms with Gasteiger partial charge < -0.3 is 4.98 Å². The molecule has 3 nitrogen and oxygen atoms in total. The lowest BCUT2D eigenvalue weighted by atomic mass is 10.1. The number of aromatic amines is 1. The van der Waals surface area contributed by atoms with E-state index < -0.39 is 0 Å². The first-order chi connectivity index (χ1) is 9.56. The molecular weight excluding hydrogens is 292 g/mol. The van der Waals surface area contributed by atoms with Gasteiger partial charge in [0.25, 0.3) is 5.56 Å². The zero-order valence-electron chi connectivity index (χ0n) is 11.5. The summed E-state index contributed by atoms with van der Waals surface area (Å²) in [4.78, 5) is 19.0. The molecule has 0 saturated carbocycles. The van der Waals surface area contributed by atoms with Gasteiger partial charge in [0.1, 0.15) is 0 Å². The zero-order chi connectivity index (χ0) is 14.5. The standard InChI is InChI=1S/C15H17ClN2OS/c1-3-10(2)20-15-17-13(9-14(19)18-15)8-11-5-4-6-12(16)7-11/h4-7,9-10H,3,8H2,1-2H3,(H,17,18,19). The van der Waals surface area contributed by atoms with Gasteiger partial charge in [0.2, 0.25) is 0 Å². The second kappa shape index (κ2) is 6.95.